The lowest BCUT2D eigenvalue weighted by Gasteiger charge is -2.41. The highest BCUT2D eigenvalue weighted by molar-refractivity contribution is 6.16. The van der Waals surface area contributed by atoms with Crippen LogP contribution in [0.2, 0.25) is 0 Å². The Morgan fingerprint density at radius 1 is 1.14 bits per heavy atom. The van der Waals surface area contributed by atoms with Crippen LogP contribution in [0.3, 0.4) is 0 Å². The van der Waals surface area contributed by atoms with E-state index in [9.17, 15) is 14.7 Å². The van der Waals surface area contributed by atoms with Gasteiger partial charge in [-0.05, 0) is 61.1 Å². The number of likely N-dealkylation sites (tertiary alicyclic amines) is 1. The average Bonchev–Trinajstić information content (AvgIpc) is 3.79. The minimum Gasteiger partial charge on any atom is -0.390 e. The van der Waals surface area contributed by atoms with Gasteiger partial charge in [0.2, 0.25) is 5.91 Å². The molecule has 8 nitrogen and oxygen atoms in total. The van der Waals surface area contributed by atoms with E-state index in [1.807, 2.05) is 36.2 Å². The Morgan fingerprint density at radius 3 is 2.54 bits per heavy atom. The van der Waals surface area contributed by atoms with Crippen LogP contribution in [0.25, 0.3) is 22.0 Å². The monoisotopic (exact) mass is 501 g/mol. The SMILES string of the molecule is Cn1nc(CO)c2cc(-c3ccc(C4=NC5(CC5)C(=O)N4CC4CN(C(=O)C5CC5)C4)c(F)c3)ccc21. The molecule has 3 fully saturated rings. The number of halogens is 1. The molecule has 2 aliphatic carbocycles. The first-order chi connectivity index (χ1) is 17.9. The summed E-state index contributed by atoms with van der Waals surface area (Å²) in [6.07, 6.45) is 3.36. The Bertz CT molecular complexity index is 1500. The number of carbonyl (C=O) groups excluding carboxylic acids is 2. The first-order valence-electron chi connectivity index (χ1n) is 12.9. The van der Waals surface area contributed by atoms with Crippen LogP contribution in [0.5, 0.6) is 0 Å². The van der Waals surface area contributed by atoms with E-state index in [-0.39, 0.29) is 30.3 Å². The summed E-state index contributed by atoms with van der Waals surface area (Å²) in [6.45, 7) is 1.57. The van der Waals surface area contributed by atoms with Crippen LogP contribution in [0.4, 0.5) is 4.39 Å². The van der Waals surface area contributed by atoms with Crippen molar-refractivity contribution in [3.63, 3.8) is 0 Å². The predicted molar refractivity (Wildman–Crippen MR) is 135 cm³/mol. The zero-order valence-corrected chi connectivity index (χ0v) is 20.7. The second kappa shape index (κ2) is 7.95. The molecular weight excluding hydrogens is 473 g/mol. The van der Waals surface area contributed by atoms with E-state index in [1.165, 1.54) is 6.07 Å². The van der Waals surface area contributed by atoms with Crippen LogP contribution in [-0.2, 0) is 23.2 Å². The van der Waals surface area contributed by atoms with Crippen molar-refractivity contribution >= 4 is 28.6 Å². The molecule has 2 aromatic carbocycles. The van der Waals surface area contributed by atoms with E-state index in [2.05, 4.69) is 5.10 Å². The lowest BCUT2D eigenvalue weighted by Crippen LogP contribution is -2.55. The third-order valence-corrected chi connectivity index (χ3v) is 8.20. The van der Waals surface area contributed by atoms with Gasteiger partial charge >= 0.3 is 0 Å². The first-order valence-corrected chi connectivity index (χ1v) is 12.9. The van der Waals surface area contributed by atoms with E-state index >= 15 is 4.39 Å². The number of carbonyl (C=O) groups is 2. The highest BCUT2D eigenvalue weighted by Gasteiger charge is 2.58. The van der Waals surface area contributed by atoms with Gasteiger partial charge in [0.05, 0.1) is 23.4 Å². The summed E-state index contributed by atoms with van der Waals surface area (Å²) in [5, 5.41) is 14.8. The largest absolute Gasteiger partial charge is 0.390 e. The Hall–Kier alpha value is -3.59. The second-order valence-electron chi connectivity index (χ2n) is 10.9. The van der Waals surface area contributed by atoms with Gasteiger partial charge in [0.25, 0.3) is 5.91 Å². The van der Waals surface area contributed by atoms with Crippen molar-refractivity contribution in [1.82, 2.24) is 19.6 Å². The molecule has 0 atom stereocenters. The van der Waals surface area contributed by atoms with Crippen LogP contribution in [0.1, 0.15) is 36.9 Å². The van der Waals surface area contributed by atoms with E-state index in [0.29, 0.717) is 55.1 Å². The third kappa shape index (κ3) is 3.59. The fourth-order valence-corrected chi connectivity index (χ4v) is 5.70. The molecule has 4 aliphatic rings. The van der Waals surface area contributed by atoms with Crippen molar-refractivity contribution in [3.05, 3.63) is 53.5 Å². The number of nitrogens with zero attached hydrogens (tertiary/aromatic N) is 5. The van der Waals surface area contributed by atoms with Crippen LogP contribution in [0, 0.1) is 17.7 Å². The van der Waals surface area contributed by atoms with Gasteiger partial charge in [0.1, 0.15) is 17.2 Å². The molecule has 2 amide bonds. The molecule has 190 valence electrons. The molecule has 2 saturated carbocycles. The van der Waals surface area contributed by atoms with Crippen molar-refractivity contribution in [3.8, 4) is 11.1 Å². The Morgan fingerprint density at radius 2 is 1.86 bits per heavy atom. The highest BCUT2D eigenvalue weighted by atomic mass is 19.1. The minimum absolute atomic E-state index is 0.0449. The number of hydrogen-bond donors (Lipinski definition) is 1. The Kier molecular flexibility index (Phi) is 4.86. The molecule has 1 spiro atoms. The van der Waals surface area contributed by atoms with Gasteiger partial charge in [-0.25, -0.2) is 4.39 Å². The maximum absolute atomic E-state index is 15.6. The van der Waals surface area contributed by atoms with Gasteiger partial charge in [-0.1, -0.05) is 12.1 Å². The van der Waals surface area contributed by atoms with Gasteiger partial charge in [-0.15, -0.1) is 0 Å². The lowest BCUT2D eigenvalue weighted by atomic mass is 9.97. The number of amides is 2. The lowest BCUT2D eigenvalue weighted by molar-refractivity contribution is -0.139. The summed E-state index contributed by atoms with van der Waals surface area (Å²) in [5.41, 5.74) is 2.58. The first kappa shape index (κ1) is 22.6. The highest BCUT2D eigenvalue weighted by Crippen LogP contribution is 2.46. The standard InChI is InChI=1S/C28H28FN5O3/c1-32-24-7-5-18(10-21(24)23(15-35)31-32)19-4-6-20(22(29)11-19)25-30-28(8-9-28)27(37)34(25)14-16-12-33(13-16)26(36)17-2-3-17/h4-7,10-11,16-17,35H,2-3,8-9,12-15H2,1H3. The van der Waals surface area contributed by atoms with E-state index in [1.54, 1.807) is 15.6 Å². The van der Waals surface area contributed by atoms with Crippen LogP contribution < -0.4 is 0 Å². The molecule has 0 unspecified atom stereocenters. The maximum atomic E-state index is 15.6. The molecule has 3 aromatic rings. The van der Waals surface area contributed by atoms with Gasteiger partial charge in [0.15, 0.2) is 0 Å². The smallest absolute Gasteiger partial charge is 0.256 e. The molecule has 1 N–H and O–H groups in total. The van der Waals surface area contributed by atoms with Crippen molar-refractivity contribution in [2.45, 2.75) is 37.8 Å². The van der Waals surface area contributed by atoms with Crippen molar-refractivity contribution in [2.24, 2.45) is 23.9 Å². The Balaban J connectivity index is 1.15. The number of aryl methyl sites for hydroxylation is 1. The molecule has 1 aromatic heterocycles. The molecule has 1 saturated heterocycles. The number of aliphatic imine (C=N–C) groups is 1. The van der Waals surface area contributed by atoms with Gasteiger partial charge in [-0.2, -0.15) is 5.10 Å². The number of hydrogen-bond acceptors (Lipinski definition) is 5. The molecule has 37 heavy (non-hydrogen) atoms. The molecule has 0 bridgehead atoms. The summed E-state index contributed by atoms with van der Waals surface area (Å²) in [6, 6.07) is 10.8. The van der Waals surface area contributed by atoms with Crippen LogP contribution >= 0.6 is 0 Å². The van der Waals surface area contributed by atoms with Crippen LogP contribution in [0.15, 0.2) is 41.4 Å². The van der Waals surface area contributed by atoms with Gasteiger partial charge in [0, 0.05) is 43.9 Å². The summed E-state index contributed by atoms with van der Waals surface area (Å²) in [4.78, 5) is 33.8. The second-order valence-corrected chi connectivity index (χ2v) is 10.9. The van der Waals surface area contributed by atoms with Gasteiger partial charge in [-0.3, -0.25) is 24.2 Å². The number of aliphatic hydroxyl groups excluding tert-OH is 1. The van der Waals surface area contributed by atoms with E-state index < -0.39 is 11.4 Å². The predicted octanol–water partition coefficient (Wildman–Crippen LogP) is 2.86. The zero-order chi connectivity index (χ0) is 25.5. The molecular formula is C28H28FN5O3. The van der Waals surface area contributed by atoms with Crippen molar-refractivity contribution < 1.29 is 19.1 Å². The third-order valence-electron chi connectivity index (χ3n) is 8.20. The number of aromatic nitrogens is 2. The fourth-order valence-electron chi connectivity index (χ4n) is 5.70. The summed E-state index contributed by atoms with van der Waals surface area (Å²) >= 11 is 0. The molecule has 2 aliphatic heterocycles. The number of rotatable bonds is 6. The molecule has 9 heteroatoms. The van der Waals surface area contributed by atoms with Crippen LogP contribution in [-0.4, -0.2) is 67.5 Å². The summed E-state index contributed by atoms with van der Waals surface area (Å²) in [7, 11) is 1.82. The minimum atomic E-state index is -0.722. The normalized spacial score (nSPS) is 20.6. The number of amidine groups is 1. The quantitative estimate of drug-likeness (QED) is 0.563. The maximum Gasteiger partial charge on any atom is 0.256 e. The number of benzene rings is 2. The van der Waals surface area contributed by atoms with Crippen molar-refractivity contribution in [1.29, 1.82) is 0 Å². The number of fused-ring (bicyclic) bond motifs is 1. The molecule has 3 heterocycles. The fraction of sp³-hybridized carbons (Fsp3) is 0.429. The summed E-state index contributed by atoms with van der Waals surface area (Å²) in [5.74, 6) is 0.538. The number of aliphatic hydroxyl groups is 1. The Labute approximate surface area is 213 Å². The average molecular weight is 502 g/mol. The van der Waals surface area contributed by atoms with E-state index in [4.69, 9.17) is 4.99 Å². The summed E-state index contributed by atoms with van der Waals surface area (Å²) < 4.78 is 17.3. The molecule has 7 rings (SSSR count). The van der Waals surface area contributed by atoms with E-state index in [0.717, 1.165) is 29.3 Å². The topological polar surface area (TPSA) is 91.0 Å². The zero-order valence-electron chi connectivity index (χ0n) is 20.7. The molecule has 0 radical (unpaired) electrons. The van der Waals surface area contributed by atoms with Crippen molar-refractivity contribution in [2.75, 3.05) is 19.6 Å². The van der Waals surface area contributed by atoms with Gasteiger partial charge < -0.3 is 10.0 Å².